The van der Waals surface area contributed by atoms with E-state index in [1.54, 1.807) is 12.2 Å². The third-order valence-corrected chi connectivity index (χ3v) is 2.44. The number of likely N-dealkylation sites (N-methyl/N-ethyl adjacent to an activating group) is 1. The van der Waals surface area contributed by atoms with E-state index in [-0.39, 0.29) is 0 Å². The number of anilines is 1. The van der Waals surface area contributed by atoms with Gasteiger partial charge in [-0.05, 0) is 24.3 Å². The zero-order valence-corrected chi connectivity index (χ0v) is 8.73. The Balaban J connectivity index is 2.56. The SMILES string of the molecule is C=CC1=C(C=C)N(C)c2ccccc2O1. The van der Waals surface area contributed by atoms with Gasteiger partial charge in [-0.1, -0.05) is 25.3 Å². The van der Waals surface area contributed by atoms with E-state index in [0.717, 1.165) is 22.9 Å². The molecule has 0 saturated carbocycles. The molecule has 76 valence electrons. The fourth-order valence-electron chi connectivity index (χ4n) is 1.67. The summed E-state index contributed by atoms with van der Waals surface area (Å²) in [6, 6.07) is 7.89. The Kier molecular flexibility index (Phi) is 2.34. The van der Waals surface area contributed by atoms with Gasteiger partial charge >= 0.3 is 0 Å². The Morgan fingerprint density at radius 1 is 1.20 bits per heavy atom. The Labute approximate surface area is 89.8 Å². The van der Waals surface area contributed by atoms with E-state index < -0.39 is 0 Å². The van der Waals surface area contributed by atoms with E-state index >= 15 is 0 Å². The first-order valence-corrected chi connectivity index (χ1v) is 4.77. The van der Waals surface area contributed by atoms with Crippen molar-refractivity contribution in [2.24, 2.45) is 0 Å². The lowest BCUT2D eigenvalue weighted by Crippen LogP contribution is -2.22. The van der Waals surface area contributed by atoms with Gasteiger partial charge in [0.25, 0.3) is 0 Å². The molecule has 0 saturated heterocycles. The molecule has 2 rings (SSSR count). The molecule has 1 aromatic carbocycles. The maximum atomic E-state index is 5.70. The van der Waals surface area contributed by atoms with E-state index in [2.05, 4.69) is 13.2 Å². The average molecular weight is 199 g/mol. The minimum absolute atomic E-state index is 0.742. The fraction of sp³-hybridized carbons (Fsp3) is 0.0769. The maximum Gasteiger partial charge on any atom is 0.151 e. The molecular weight excluding hydrogens is 186 g/mol. The van der Waals surface area contributed by atoms with Crippen LogP contribution in [0.4, 0.5) is 5.69 Å². The summed E-state index contributed by atoms with van der Waals surface area (Å²) < 4.78 is 5.70. The van der Waals surface area contributed by atoms with Crippen molar-refractivity contribution in [1.82, 2.24) is 0 Å². The van der Waals surface area contributed by atoms with Gasteiger partial charge in [-0.15, -0.1) is 0 Å². The van der Waals surface area contributed by atoms with Crippen LogP contribution in [-0.2, 0) is 0 Å². The van der Waals surface area contributed by atoms with Crippen LogP contribution in [0.5, 0.6) is 5.75 Å². The molecule has 0 radical (unpaired) electrons. The van der Waals surface area contributed by atoms with E-state index in [1.807, 2.05) is 36.2 Å². The molecule has 1 heterocycles. The highest BCUT2D eigenvalue weighted by atomic mass is 16.5. The Hall–Kier alpha value is -1.96. The van der Waals surface area contributed by atoms with Crippen LogP contribution in [0.2, 0.25) is 0 Å². The summed E-state index contributed by atoms with van der Waals surface area (Å²) in [6.45, 7) is 7.51. The zero-order valence-electron chi connectivity index (χ0n) is 8.73. The smallest absolute Gasteiger partial charge is 0.151 e. The molecule has 2 nitrogen and oxygen atoms in total. The highest BCUT2D eigenvalue weighted by Crippen LogP contribution is 2.36. The van der Waals surface area contributed by atoms with Gasteiger partial charge in [0.1, 0.15) is 0 Å². The van der Waals surface area contributed by atoms with Gasteiger partial charge in [-0.25, -0.2) is 0 Å². The third kappa shape index (κ3) is 1.44. The van der Waals surface area contributed by atoms with Crippen LogP contribution < -0.4 is 9.64 Å². The van der Waals surface area contributed by atoms with E-state index in [4.69, 9.17) is 4.74 Å². The second-order valence-corrected chi connectivity index (χ2v) is 3.29. The summed E-state index contributed by atoms with van der Waals surface area (Å²) in [5.41, 5.74) is 1.97. The summed E-state index contributed by atoms with van der Waals surface area (Å²) >= 11 is 0. The predicted molar refractivity (Wildman–Crippen MR) is 62.9 cm³/mol. The summed E-state index contributed by atoms with van der Waals surface area (Å²) in [5.74, 6) is 1.59. The van der Waals surface area contributed by atoms with Crippen molar-refractivity contribution in [3.8, 4) is 5.75 Å². The Bertz CT molecular complexity index is 446. The molecule has 1 aliphatic rings. The van der Waals surface area contributed by atoms with Crippen molar-refractivity contribution in [1.29, 1.82) is 0 Å². The van der Waals surface area contributed by atoms with Crippen molar-refractivity contribution in [2.45, 2.75) is 0 Å². The molecule has 0 spiro atoms. The Morgan fingerprint density at radius 2 is 1.93 bits per heavy atom. The molecule has 0 unspecified atom stereocenters. The lowest BCUT2D eigenvalue weighted by atomic mass is 10.2. The molecule has 0 aliphatic carbocycles. The summed E-state index contributed by atoms with van der Waals surface area (Å²) in [4.78, 5) is 2.04. The molecule has 0 bridgehead atoms. The van der Waals surface area contributed by atoms with Crippen LogP contribution >= 0.6 is 0 Å². The van der Waals surface area contributed by atoms with Crippen LogP contribution in [0.3, 0.4) is 0 Å². The molecule has 0 fully saturated rings. The number of allylic oxidation sites excluding steroid dienone is 2. The molecule has 15 heavy (non-hydrogen) atoms. The van der Waals surface area contributed by atoms with Crippen molar-refractivity contribution < 1.29 is 4.74 Å². The van der Waals surface area contributed by atoms with Crippen LogP contribution in [0.15, 0.2) is 61.0 Å². The molecular formula is C13H13NO. The van der Waals surface area contributed by atoms with Gasteiger partial charge < -0.3 is 9.64 Å². The highest BCUT2D eigenvalue weighted by molar-refractivity contribution is 5.66. The molecule has 1 aliphatic heterocycles. The van der Waals surface area contributed by atoms with Gasteiger partial charge in [0.2, 0.25) is 0 Å². The minimum Gasteiger partial charge on any atom is -0.453 e. The van der Waals surface area contributed by atoms with E-state index in [0.29, 0.717) is 0 Å². The van der Waals surface area contributed by atoms with Gasteiger partial charge in [0.15, 0.2) is 11.5 Å². The molecule has 0 N–H and O–H groups in total. The van der Waals surface area contributed by atoms with Crippen LogP contribution in [0.25, 0.3) is 0 Å². The first-order valence-electron chi connectivity index (χ1n) is 4.77. The largest absolute Gasteiger partial charge is 0.453 e. The molecule has 0 atom stereocenters. The van der Waals surface area contributed by atoms with Gasteiger partial charge in [0.05, 0.1) is 11.4 Å². The number of hydrogen-bond acceptors (Lipinski definition) is 2. The topological polar surface area (TPSA) is 12.5 Å². The molecule has 0 aromatic heterocycles. The first-order chi connectivity index (χ1) is 7.27. The summed E-state index contributed by atoms with van der Waals surface area (Å²) in [6.07, 6.45) is 3.47. The summed E-state index contributed by atoms with van der Waals surface area (Å²) in [5, 5.41) is 0. The average Bonchev–Trinajstić information content (AvgIpc) is 2.29. The lowest BCUT2D eigenvalue weighted by molar-refractivity contribution is 0.429. The number of fused-ring (bicyclic) bond motifs is 1. The summed E-state index contributed by atoms with van der Waals surface area (Å²) in [7, 11) is 1.99. The molecule has 2 heteroatoms. The van der Waals surface area contributed by atoms with Gasteiger partial charge in [0, 0.05) is 7.05 Å². The number of para-hydroxylation sites is 2. The normalized spacial score (nSPS) is 14.3. The molecule has 1 aromatic rings. The van der Waals surface area contributed by atoms with E-state index in [1.165, 1.54) is 0 Å². The monoisotopic (exact) mass is 199 g/mol. The standard InChI is InChI=1S/C13H13NO/c1-4-10-12(5-2)15-13-9-7-6-8-11(13)14(10)3/h4-9H,1-2H2,3H3. The van der Waals surface area contributed by atoms with E-state index in [9.17, 15) is 0 Å². The lowest BCUT2D eigenvalue weighted by Gasteiger charge is -2.29. The maximum absolute atomic E-state index is 5.70. The number of rotatable bonds is 2. The number of hydrogen-bond donors (Lipinski definition) is 0. The van der Waals surface area contributed by atoms with Gasteiger partial charge in [-0.3, -0.25) is 0 Å². The van der Waals surface area contributed by atoms with Crippen LogP contribution in [-0.4, -0.2) is 7.05 Å². The van der Waals surface area contributed by atoms with Gasteiger partial charge in [-0.2, -0.15) is 0 Å². The third-order valence-electron chi connectivity index (χ3n) is 2.44. The van der Waals surface area contributed by atoms with Crippen molar-refractivity contribution in [3.05, 3.63) is 61.0 Å². The van der Waals surface area contributed by atoms with Crippen LogP contribution in [0.1, 0.15) is 0 Å². The second-order valence-electron chi connectivity index (χ2n) is 3.29. The fourth-order valence-corrected chi connectivity index (χ4v) is 1.67. The van der Waals surface area contributed by atoms with Crippen molar-refractivity contribution in [3.63, 3.8) is 0 Å². The van der Waals surface area contributed by atoms with Crippen molar-refractivity contribution in [2.75, 3.05) is 11.9 Å². The quantitative estimate of drug-likeness (QED) is 0.725. The minimum atomic E-state index is 0.742. The highest BCUT2D eigenvalue weighted by Gasteiger charge is 2.19. The zero-order chi connectivity index (χ0) is 10.8. The van der Waals surface area contributed by atoms with Crippen molar-refractivity contribution >= 4 is 5.69 Å². The number of benzene rings is 1. The Morgan fingerprint density at radius 3 is 2.60 bits per heavy atom. The first kappa shape index (κ1) is 9.59. The number of nitrogens with zero attached hydrogens (tertiary/aromatic N) is 1. The second kappa shape index (κ2) is 3.65. The molecule has 0 amide bonds. The predicted octanol–water partition coefficient (Wildman–Crippen LogP) is 3.10. The van der Waals surface area contributed by atoms with Crippen LogP contribution in [0, 0.1) is 0 Å². The number of ether oxygens (including phenoxy) is 1.